The van der Waals surface area contributed by atoms with Crippen molar-refractivity contribution < 1.29 is 14.6 Å². The van der Waals surface area contributed by atoms with Crippen LogP contribution < -0.4 is 0 Å². The molecule has 2 aromatic rings. The Balaban J connectivity index is 1.35. The second-order valence-electron chi connectivity index (χ2n) is 7.07. The molecule has 2 heterocycles. The molecule has 0 aromatic heterocycles. The molecule has 1 fully saturated rings. The van der Waals surface area contributed by atoms with Gasteiger partial charge in [0.25, 0.3) is 0 Å². The lowest BCUT2D eigenvalue weighted by molar-refractivity contribution is 0.0744. The van der Waals surface area contributed by atoms with Crippen LogP contribution in [0.5, 0.6) is 0 Å². The van der Waals surface area contributed by atoms with Gasteiger partial charge in [-0.1, -0.05) is 54.6 Å². The molecule has 5 heteroatoms. The highest BCUT2D eigenvalue weighted by atomic mass is 16.6. The first kappa shape index (κ1) is 17.1. The number of aliphatic hydroxyl groups excluding tert-OH is 1. The Kier molecular flexibility index (Phi) is 4.91. The molecule has 2 aliphatic heterocycles. The summed E-state index contributed by atoms with van der Waals surface area (Å²) in [7, 11) is 0. The van der Waals surface area contributed by atoms with Gasteiger partial charge in [-0.05, 0) is 23.1 Å². The highest BCUT2D eigenvalue weighted by Gasteiger charge is 2.39. The van der Waals surface area contributed by atoms with E-state index in [0.29, 0.717) is 13.1 Å². The molecule has 2 aromatic carbocycles. The monoisotopic (exact) mass is 352 g/mol. The van der Waals surface area contributed by atoms with E-state index in [1.54, 1.807) is 4.90 Å². The topological polar surface area (TPSA) is 53.0 Å². The number of aliphatic hydroxyl groups is 1. The highest BCUT2D eigenvalue weighted by Crippen LogP contribution is 2.25. The number of amides is 1. The molecule has 1 amide bonds. The number of benzene rings is 2. The van der Waals surface area contributed by atoms with Gasteiger partial charge in [-0.3, -0.25) is 4.90 Å². The smallest absolute Gasteiger partial charge is 0.410 e. The summed E-state index contributed by atoms with van der Waals surface area (Å²) in [5, 5.41) is 10.5. The third-order valence-electron chi connectivity index (χ3n) is 5.35. The van der Waals surface area contributed by atoms with E-state index in [-0.39, 0.29) is 18.7 Å². The summed E-state index contributed by atoms with van der Waals surface area (Å²) in [6.45, 7) is 2.83. The van der Waals surface area contributed by atoms with Crippen LogP contribution in [0.15, 0.2) is 54.6 Å². The Morgan fingerprint density at radius 3 is 2.58 bits per heavy atom. The zero-order valence-electron chi connectivity index (χ0n) is 14.8. The number of ether oxygens (including phenoxy) is 1. The summed E-state index contributed by atoms with van der Waals surface area (Å²) >= 11 is 0. The second-order valence-corrected chi connectivity index (χ2v) is 7.07. The predicted octanol–water partition coefficient (Wildman–Crippen LogP) is 2.43. The summed E-state index contributed by atoms with van der Waals surface area (Å²) in [6.07, 6.45) is 0.0926. The maximum Gasteiger partial charge on any atom is 0.410 e. The number of β-amino-alcohol motifs (C(OH)–C–C–N with tert-alkyl or cyclic N) is 1. The lowest BCUT2D eigenvalue weighted by Crippen LogP contribution is -2.45. The molecule has 2 unspecified atom stereocenters. The van der Waals surface area contributed by atoms with Gasteiger partial charge in [0, 0.05) is 19.6 Å². The zero-order chi connectivity index (χ0) is 17.9. The largest absolute Gasteiger partial charge is 0.445 e. The number of fused-ring (bicyclic) bond motifs is 1. The Bertz CT molecular complexity index is 765. The van der Waals surface area contributed by atoms with E-state index >= 15 is 0 Å². The molecule has 0 bridgehead atoms. The van der Waals surface area contributed by atoms with E-state index in [0.717, 1.165) is 25.1 Å². The lowest BCUT2D eigenvalue weighted by Gasteiger charge is -2.34. The van der Waals surface area contributed by atoms with E-state index < -0.39 is 6.10 Å². The Morgan fingerprint density at radius 1 is 1.04 bits per heavy atom. The molecule has 2 atom stereocenters. The van der Waals surface area contributed by atoms with Crippen LogP contribution in [0.4, 0.5) is 4.79 Å². The molecule has 4 rings (SSSR count). The molecule has 0 spiro atoms. The number of carbonyl (C=O) groups is 1. The number of rotatable bonds is 3. The van der Waals surface area contributed by atoms with Crippen molar-refractivity contribution in [3.63, 3.8) is 0 Å². The highest BCUT2D eigenvalue weighted by molar-refractivity contribution is 5.68. The van der Waals surface area contributed by atoms with Gasteiger partial charge in [-0.15, -0.1) is 0 Å². The van der Waals surface area contributed by atoms with E-state index in [4.69, 9.17) is 4.74 Å². The van der Waals surface area contributed by atoms with Crippen molar-refractivity contribution in [1.29, 1.82) is 0 Å². The van der Waals surface area contributed by atoms with Gasteiger partial charge in [-0.25, -0.2) is 4.79 Å². The first-order valence-corrected chi connectivity index (χ1v) is 9.15. The minimum atomic E-state index is -0.537. The molecule has 136 valence electrons. The van der Waals surface area contributed by atoms with Crippen molar-refractivity contribution >= 4 is 6.09 Å². The van der Waals surface area contributed by atoms with Gasteiger partial charge in [0.2, 0.25) is 0 Å². The number of likely N-dealkylation sites (tertiary alicyclic amines) is 1. The van der Waals surface area contributed by atoms with Crippen LogP contribution in [0.25, 0.3) is 0 Å². The average molecular weight is 352 g/mol. The number of carbonyl (C=O) groups excluding carboxylic acids is 1. The molecule has 0 aliphatic carbocycles. The fraction of sp³-hybridized carbons (Fsp3) is 0.381. The van der Waals surface area contributed by atoms with Gasteiger partial charge < -0.3 is 14.7 Å². The van der Waals surface area contributed by atoms with Gasteiger partial charge in [0.15, 0.2) is 0 Å². The molecule has 2 aliphatic rings. The maximum atomic E-state index is 12.4. The summed E-state index contributed by atoms with van der Waals surface area (Å²) in [5.41, 5.74) is 3.66. The first-order valence-electron chi connectivity index (χ1n) is 9.15. The van der Waals surface area contributed by atoms with Crippen LogP contribution in [0, 0.1) is 0 Å². The van der Waals surface area contributed by atoms with Crippen LogP contribution in [0.3, 0.4) is 0 Å². The minimum Gasteiger partial charge on any atom is -0.445 e. The Morgan fingerprint density at radius 2 is 1.77 bits per heavy atom. The molecule has 1 saturated heterocycles. The third kappa shape index (κ3) is 3.59. The lowest BCUT2D eigenvalue weighted by atomic mass is 9.98. The van der Waals surface area contributed by atoms with Crippen molar-refractivity contribution in [2.45, 2.75) is 31.7 Å². The van der Waals surface area contributed by atoms with Crippen LogP contribution >= 0.6 is 0 Å². The maximum absolute atomic E-state index is 12.4. The van der Waals surface area contributed by atoms with Gasteiger partial charge >= 0.3 is 6.09 Å². The minimum absolute atomic E-state index is 0.0346. The molecule has 0 radical (unpaired) electrons. The standard InChI is InChI=1S/C21H24N2O3/c24-20-14-23(21(25)26-15-16-6-2-1-3-7-16)13-19(20)22-11-10-17-8-4-5-9-18(17)12-22/h1-9,19-20,24H,10-15H2. The van der Waals surface area contributed by atoms with Crippen molar-refractivity contribution in [2.75, 3.05) is 19.6 Å². The number of nitrogens with zero attached hydrogens (tertiary/aromatic N) is 2. The van der Waals surface area contributed by atoms with Crippen LogP contribution in [-0.4, -0.2) is 52.8 Å². The Labute approximate surface area is 153 Å². The summed E-state index contributed by atoms with van der Waals surface area (Å²) in [6, 6.07) is 18.1. The van der Waals surface area contributed by atoms with Crippen LogP contribution in [-0.2, 0) is 24.3 Å². The second kappa shape index (κ2) is 7.48. The molecular weight excluding hydrogens is 328 g/mol. The predicted molar refractivity (Wildman–Crippen MR) is 98.6 cm³/mol. The van der Waals surface area contributed by atoms with E-state index in [1.165, 1.54) is 11.1 Å². The van der Waals surface area contributed by atoms with Crippen molar-refractivity contribution in [2.24, 2.45) is 0 Å². The van der Waals surface area contributed by atoms with Crippen molar-refractivity contribution in [3.8, 4) is 0 Å². The summed E-state index contributed by atoms with van der Waals surface area (Å²) in [4.78, 5) is 16.3. The zero-order valence-corrected chi connectivity index (χ0v) is 14.8. The fourth-order valence-electron chi connectivity index (χ4n) is 3.89. The normalized spacial score (nSPS) is 22.9. The van der Waals surface area contributed by atoms with Crippen molar-refractivity contribution in [1.82, 2.24) is 9.80 Å². The molecule has 5 nitrogen and oxygen atoms in total. The SMILES string of the molecule is O=C(OCc1ccccc1)N1CC(O)C(N2CCc3ccccc3C2)C1. The van der Waals surface area contributed by atoms with Crippen LogP contribution in [0.2, 0.25) is 0 Å². The van der Waals surface area contributed by atoms with E-state index in [9.17, 15) is 9.90 Å². The fourth-order valence-corrected chi connectivity index (χ4v) is 3.89. The summed E-state index contributed by atoms with van der Waals surface area (Å²) < 4.78 is 5.41. The molecule has 26 heavy (non-hydrogen) atoms. The number of hydrogen-bond donors (Lipinski definition) is 1. The van der Waals surface area contributed by atoms with E-state index in [2.05, 4.69) is 29.2 Å². The summed E-state index contributed by atoms with van der Waals surface area (Å²) in [5.74, 6) is 0. The third-order valence-corrected chi connectivity index (χ3v) is 5.35. The van der Waals surface area contributed by atoms with Gasteiger partial charge in [0.05, 0.1) is 18.7 Å². The number of hydrogen-bond acceptors (Lipinski definition) is 4. The molecule has 1 N–H and O–H groups in total. The van der Waals surface area contributed by atoms with Gasteiger partial charge in [0.1, 0.15) is 6.61 Å². The van der Waals surface area contributed by atoms with Gasteiger partial charge in [-0.2, -0.15) is 0 Å². The Hall–Kier alpha value is -2.37. The van der Waals surface area contributed by atoms with E-state index in [1.807, 2.05) is 30.3 Å². The van der Waals surface area contributed by atoms with Crippen LogP contribution in [0.1, 0.15) is 16.7 Å². The molecular formula is C21H24N2O3. The quantitative estimate of drug-likeness (QED) is 0.922. The average Bonchev–Trinajstić information content (AvgIpc) is 3.08. The first-order chi connectivity index (χ1) is 12.7. The molecule has 0 saturated carbocycles. The van der Waals surface area contributed by atoms with Crippen molar-refractivity contribution in [3.05, 3.63) is 71.3 Å².